The quantitative estimate of drug-likeness (QED) is 0.552. The van der Waals surface area contributed by atoms with Crippen molar-refractivity contribution in [3.05, 3.63) is 35.6 Å². The lowest BCUT2D eigenvalue weighted by Gasteiger charge is -2.28. The summed E-state index contributed by atoms with van der Waals surface area (Å²) in [6.07, 6.45) is 3.38. The van der Waals surface area contributed by atoms with Crippen LogP contribution in [0, 0.1) is 5.82 Å². The number of carbonyl (C=O) groups excluding carboxylic acids is 2. The molecule has 4 nitrogen and oxygen atoms in total. The van der Waals surface area contributed by atoms with Crippen LogP contribution in [0.2, 0.25) is 0 Å². The molecule has 1 amide bonds. The van der Waals surface area contributed by atoms with Crippen LogP contribution in [0.3, 0.4) is 0 Å². The van der Waals surface area contributed by atoms with E-state index in [1.54, 1.807) is 23.9 Å². The van der Waals surface area contributed by atoms with E-state index in [-0.39, 0.29) is 16.9 Å². The highest BCUT2D eigenvalue weighted by atomic mass is 32.2. The zero-order chi connectivity index (χ0) is 17.5. The average molecular weight is 353 g/mol. The lowest BCUT2D eigenvalue weighted by atomic mass is 10.1. The maximum Gasteiger partial charge on any atom is 0.329 e. The fourth-order valence-corrected chi connectivity index (χ4v) is 4.18. The number of thioether (sulfide) groups is 1. The first-order valence-corrected chi connectivity index (χ1v) is 9.50. The van der Waals surface area contributed by atoms with E-state index in [2.05, 4.69) is 0 Å². The molecule has 2 atom stereocenters. The Morgan fingerprint density at radius 3 is 2.71 bits per heavy atom. The highest BCUT2D eigenvalue weighted by molar-refractivity contribution is 8.00. The number of hydrogen-bond donors (Lipinski definition) is 0. The van der Waals surface area contributed by atoms with Gasteiger partial charge in [0.25, 0.3) is 5.91 Å². The van der Waals surface area contributed by atoms with Crippen LogP contribution in [-0.2, 0) is 9.53 Å². The summed E-state index contributed by atoms with van der Waals surface area (Å²) in [5, 5.41) is -0.120. The summed E-state index contributed by atoms with van der Waals surface area (Å²) < 4.78 is 19.3. The number of nitrogens with zero attached hydrogens (tertiary/aromatic N) is 1. The minimum absolute atomic E-state index is 0.00691. The monoisotopic (exact) mass is 353 g/mol. The minimum Gasteiger partial charge on any atom is -0.464 e. The van der Waals surface area contributed by atoms with Crippen molar-refractivity contribution in [2.24, 2.45) is 0 Å². The van der Waals surface area contributed by atoms with Gasteiger partial charge in [0.05, 0.1) is 17.5 Å². The highest BCUT2D eigenvalue weighted by Gasteiger charge is 2.42. The number of halogens is 1. The molecule has 0 bridgehead atoms. The predicted molar refractivity (Wildman–Crippen MR) is 93.4 cm³/mol. The molecule has 1 aromatic rings. The second-order valence-corrected chi connectivity index (χ2v) is 7.02. The SMILES string of the molecule is CCCCOC(=O)[C@H]1CS[C@H](CCC)N1C(=O)c1ccccc1F. The minimum atomic E-state index is -0.643. The molecule has 0 saturated carbocycles. The van der Waals surface area contributed by atoms with Crippen molar-refractivity contribution in [2.45, 2.75) is 50.9 Å². The molecule has 0 N–H and O–H groups in total. The number of carbonyl (C=O) groups is 2. The summed E-state index contributed by atoms with van der Waals surface area (Å²) in [7, 11) is 0. The van der Waals surface area contributed by atoms with Crippen molar-refractivity contribution >= 4 is 23.6 Å². The molecule has 0 spiro atoms. The first kappa shape index (κ1) is 18.8. The van der Waals surface area contributed by atoms with Crippen molar-refractivity contribution in [2.75, 3.05) is 12.4 Å². The van der Waals surface area contributed by atoms with Crippen LogP contribution in [0.5, 0.6) is 0 Å². The molecule has 1 saturated heterocycles. The van der Waals surface area contributed by atoms with Crippen LogP contribution in [-0.4, -0.2) is 40.6 Å². The fourth-order valence-electron chi connectivity index (χ4n) is 2.67. The van der Waals surface area contributed by atoms with Crippen LogP contribution < -0.4 is 0 Å². The van der Waals surface area contributed by atoms with Gasteiger partial charge in [-0.15, -0.1) is 11.8 Å². The van der Waals surface area contributed by atoms with Crippen molar-refractivity contribution in [3.8, 4) is 0 Å². The van der Waals surface area contributed by atoms with E-state index in [0.29, 0.717) is 12.4 Å². The van der Waals surface area contributed by atoms with Gasteiger partial charge in [0.2, 0.25) is 0 Å². The molecule has 0 radical (unpaired) electrons. The maximum absolute atomic E-state index is 14.0. The van der Waals surface area contributed by atoms with Crippen LogP contribution in [0.25, 0.3) is 0 Å². The van der Waals surface area contributed by atoms with Gasteiger partial charge in [0, 0.05) is 5.75 Å². The van der Waals surface area contributed by atoms with Gasteiger partial charge < -0.3 is 9.64 Å². The average Bonchev–Trinajstić information content (AvgIpc) is 2.99. The highest BCUT2D eigenvalue weighted by Crippen LogP contribution is 2.34. The molecule has 0 aromatic heterocycles. The Morgan fingerprint density at radius 1 is 1.29 bits per heavy atom. The van der Waals surface area contributed by atoms with Gasteiger partial charge in [0.1, 0.15) is 11.9 Å². The second kappa shape index (κ2) is 9.06. The third kappa shape index (κ3) is 4.29. The van der Waals surface area contributed by atoms with Crippen LogP contribution >= 0.6 is 11.8 Å². The van der Waals surface area contributed by atoms with Gasteiger partial charge in [0.15, 0.2) is 0 Å². The number of unbranched alkanes of at least 4 members (excludes halogenated alkanes) is 1. The summed E-state index contributed by atoms with van der Waals surface area (Å²) in [6, 6.07) is 5.26. The maximum atomic E-state index is 14.0. The lowest BCUT2D eigenvalue weighted by Crippen LogP contribution is -2.46. The number of ether oxygens (including phenoxy) is 1. The molecule has 0 aliphatic carbocycles. The zero-order valence-electron chi connectivity index (χ0n) is 14.2. The predicted octanol–water partition coefficient (Wildman–Crippen LogP) is 3.85. The van der Waals surface area contributed by atoms with Gasteiger partial charge in [-0.05, 0) is 25.0 Å². The summed E-state index contributed by atoms with van der Waals surface area (Å²) in [5.41, 5.74) is 0.00691. The first-order chi connectivity index (χ1) is 11.6. The summed E-state index contributed by atoms with van der Waals surface area (Å²) in [6.45, 7) is 4.40. The van der Waals surface area contributed by atoms with Crippen LogP contribution in [0.15, 0.2) is 24.3 Å². The van der Waals surface area contributed by atoms with Gasteiger partial charge in [-0.3, -0.25) is 4.79 Å². The molecule has 1 heterocycles. The molecule has 2 rings (SSSR count). The first-order valence-electron chi connectivity index (χ1n) is 8.45. The Hall–Kier alpha value is -1.56. The van der Waals surface area contributed by atoms with Crippen molar-refractivity contribution in [3.63, 3.8) is 0 Å². The molecule has 6 heteroatoms. The largest absolute Gasteiger partial charge is 0.464 e. The molecule has 0 unspecified atom stereocenters. The van der Waals surface area contributed by atoms with E-state index in [9.17, 15) is 14.0 Å². The third-order valence-corrected chi connectivity index (χ3v) is 5.34. The number of hydrogen-bond acceptors (Lipinski definition) is 4. The van der Waals surface area contributed by atoms with Gasteiger partial charge in [-0.2, -0.15) is 0 Å². The summed E-state index contributed by atoms with van der Waals surface area (Å²) >= 11 is 1.56. The van der Waals surface area contributed by atoms with Gasteiger partial charge in [-0.1, -0.05) is 38.8 Å². The topological polar surface area (TPSA) is 46.6 Å². The van der Waals surface area contributed by atoms with Crippen LogP contribution in [0.4, 0.5) is 4.39 Å². The second-order valence-electron chi connectivity index (χ2n) is 5.81. The Bertz CT molecular complexity index is 581. The smallest absolute Gasteiger partial charge is 0.329 e. The van der Waals surface area contributed by atoms with Gasteiger partial charge >= 0.3 is 5.97 Å². The van der Waals surface area contributed by atoms with E-state index >= 15 is 0 Å². The molecule has 132 valence electrons. The molecular weight excluding hydrogens is 329 g/mol. The van der Waals surface area contributed by atoms with Crippen molar-refractivity contribution in [1.29, 1.82) is 0 Å². The standard InChI is InChI=1S/C18H24FNO3S/c1-3-5-11-23-18(22)15-12-24-16(8-4-2)20(15)17(21)13-9-6-7-10-14(13)19/h6-7,9-10,15-16H,3-5,8,11-12H2,1-2H3/t15-,16-/m1/s1. The van der Waals surface area contributed by atoms with Crippen molar-refractivity contribution in [1.82, 2.24) is 4.90 Å². The Kier molecular flexibility index (Phi) is 7.09. The number of esters is 1. The van der Waals surface area contributed by atoms with E-state index < -0.39 is 17.8 Å². The Balaban J connectivity index is 2.20. The molecule has 1 fully saturated rings. The van der Waals surface area contributed by atoms with E-state index in [0.717, 1.165) is 25.7 Å². The third-order valence-electron chi connectivity index (χ3n) is 3.98. The summed E-state index contributed by atoms with van der Waals surface area (Å²) in [5.74, 6) is -0.892. The zero-order valence-corrected chi connectivity index (χ0v) is 15.0. The van der Waals surface area contributed by atoms with E-state index in [4.69, 9.17) is 4.74 Å². The molecule has 1 aliphatic heterocycles. The van der Waals surface area contributed by atoms with E-state index in [1.165, 1.54) is 17.0 Å². The fraction of sp³-hybridized carbons (Fsp3) is 0.556. The molecule has 1 aromatic carbocycles. The molecular formula is C18H24FNO3S. The Labute approximate surface area is 146 Å². The molecule has 24 heavy (non-hydrogen) atoms. The lowest BCUT2D eigenvalue weighted by molar-refractivity contribution is -0.148. The summed E-state index contributed by atoms with van der Waals surface area (Å²) in [4.78, 5) is 26.8. The van der Waals surface area contributed by atoms with Crippen molar-refractivity contribution < 1.29 is 18.7 Å². The number of rotatable bonds is 7. The van der Waals surface area contributed by atoms with Gasteiger partial charge in [-0.25, -0.2) is 9.18 Å². The van der Waals surface area contributed by atoms with E-state index in [1.807, 2.05) is 13.8 Å². The normalized spacial score (nSPS) is 20.2. The number of amides is 1. The molecule has 1 aliphatic rings. The Morgan fingerprint density at radius 2 is 2.04 bits per heavy atom. The van der Waals surface area contributed by atoms with Crippen LogP contribution in [0.1, 0.15) is 49.9 Å². The number of benzene rings is 1.